The number of likely N-dealkylation sites (N-methyl/N-ethyl adjacent to an activating group) is 1. The molecule has 0 unspecified atom stereocenters. The van der Waals surface area contributed by atoms with Crippen LogP contribution >= 0.6 is 0 Å². The van der Waals surface area contributed by atoms with E-state index in [1.807, 2.05) is 13.8 Å². The lowest BCUT2D eigenvalue weighted by atomic mass is 10.1. The summed E-state index contributed by atoms with van der Waals surface area (Å²) in [6.07, 6.45) is 0. The number of aromatic carboxylic acids is 1. The molecule has 1 aromatic rings. The molecule has 1 rings (SSSR count). The van der Waals surface area contributed by atoms with E-state index in [1.165, 1.54) is 11.0 Å². The van der Waals surface area contributed by atoms with E-state index in [2.05, 4.69) is 5.32 Å². The summed E-state index contributed by atoms with van der Waals surface area (Å²) in [7, 11) is 1.54. The van der Waals surface area contributed by atoms with Crippen LogP contribution in [0.15, 0.2) is 12.1 Å². The summed E-state index contributed by atoms with van der Waals surface area (Å²) in [5.74, 6) is -2.40. The van der Waals surface area contributed by atoms with Crippen molar-refractivity contribution in [2.24, 2.45) is 0 Å². The standard InChI is InChI=1S/C13H18FN3O3/c1-7(2)16-10(18)6-17(3)9-5-4-8(14)12(15)11(9)13(19)20/h4-5,7H,6,15H2,1-3H3,(H,16,18)(H,19,20). The number of nitrogens with one attached hydrogen (secondary N) is 1. The van der Waals surface area contributed by atoms with Gasteiger partial charge in [0.25, 0.3) is 0 Å². The van der Waals surface area contributed by atoms with Gasteiger partial charge in [0.1, 0.15) is 11.4 Å². The fourth-order valence-corrected chi connectivity index (χ4v) is 1.79. The normalized spacial score (nSPS) is 10.4. The number of rotatable bonds is 5. The van der Waals surface area contributed by atoms with Crippen molar-refractivity contribution in [3.8, 4) is 0 Å². The molecule has 0 fully saturated rings. The van der Waals surface area contributed by atoms with E-state index in [1.54, 1.807) is 7.05 Å². The molecule has 0 aliphatic carbocycles. The van der Waals surface area contributed by atoms with Gasteiger partial charge in [-0.15, -0.1) is 0 Å². The van der Waals surface area contributed by atoms with Gasteiger partial charge in [0, 0.05) is 13.1 Å². The molecule has 7 heteroatoms. The monoisotopic (exact) mass is 283 g/mol. The second kappa shape index (κ2) is 6.23. The van der Waals surface area contributed by atoms with Crippen LogP contribution in [0.25, 0.3) is 0 Å². The van der Waals surface area contributed by atoms with Crippen molar-refractivity contribution >= 4 is 23.3 Å². The lowest BCUT2D eigenvalue weighted by Crippen LogP contribution is -2.39. The maximum atomic E-state index is 13.3. The van der Waals surface area contributed by atoms with E-state index in [9.17, 15) is 14.0 Å². The average Bonchev–Trinajstić information content (AvgIpc) is 2.30. The van der Waals surface area contributed by atoms with Crippen LogP contribution in [0.1, 0.15) is 24.2 Å². The number of hydrogen-bond donors (Lipinski definition) is 3. The summed E-state index contributed by atoms with van der Waals surface area (Å²) in [6.45, 7) is 3.58. The number of hydrogen-bond acceptors (Lipinski definition) is 4. The first kappa shape index (κ1) is 15.7. The van der Waals surface area contributed by atoms with Gasteiger partial charge in [-0.1, -0.05) is 0 Å². The van der Waals surface area contributed by atoms with Crippen molar-refractivity contribution in [1.29, 1.82) is 0 Å². The highest BCUT2D eigenvalue weighted by Crippen LogP contribution is 2.27. The third-order valence-electron chi connectivity index (χ3n) is 2.63. The van der Waals surface area contributed by atoms with Crippen LogP contribution < -0.4 is 16.0 Å². The summed E-state index contributed by atoms with van der Waals surface area (Å²) in [6, 6.07) is 2.35. The van der Waals surface area contributed by atoms with Gasteiger partial charge in [-0.2, -0.15) is 0 Å². The Hall–Kier alpha value is -2.31. The van der Waals surface area contributed by atoms with Gasteiger partial charge >= 0.3 is 5.97 Å². The van der Waals surface area contributed by atoms with E-state index < -0.39 is 17.5 Å². The van der Waals surface area contributed by atoms with Gasteiger partial charge in [-0.05, 0) is 26.0 Å². The zero-order chi connectivity index (χ0) is 15.4. The summed E-state index contributed by atoms with van der Waals surface area (Å²) < 4.78 is 13.3. The van der Waals surface area contributed by atoms with Crippen molar-refractivity contribution in [2.75, 3.05) is 24.2 Å². The first-order valence-corrected chi connectivity index (χ1v) is 6.05. The minimum absolute atomic E-state index is 0.0202. The van der Waals surface area contributed by atoms with Crippen LogP contribution in [0.2, 0.25) is 0 Å². The van der Waals surface area contributed by atoms with Gasteiger partial charge in [0.15, 0.2) is 0 Å². The number of carboxylic acids is 1. The second-order valence-corrected chi connectivity index (χ2v) is 4.74. The number of carbonyl (C=O) groups excluding carboxylic acids is 1. The van der Waals surface area contributed by atoms with Crippen molar-refractivity contribution < 1.29 is 19.1 Å². The third kappa shape index (κ3) is 3.59. The number of amides is 1. The van der Waals surface area contributed by atoms with E-state index >= 15 is 0 Å². The van der Waals surface area contributed by atoms with Gasteiger partial charge in [-0.3, -0.25) is 4.79 Å². The highest BCUT2D eigenvalue weighted by atomic mass is 19.1. The topological polar surface area (TPSA) is 95.7 Å². The Labute approximate surface area is 116 Å². The summed E-state index contributed by atoms with van der Waals surface area (Å²) in [5.41, 5.74) is 4.86. The van der Waals surface area contributed by atoms with Crippen molar-refractivity contribution in [1.82, 2.24) is 5.32 Å². The van der Waals surface area contributed by atoms with Crippen LogP contribution in [-0.4, -0.2) is 36.6 Å². The van der Waals surface area contributed by atoms with Gasteiger partial charge in [0.2, 0.25) is 5.91 Å². The molecule has 0 bridgehead atoms. The van der Waals surface area contributed by atoms with E-state index in [4.69, 9.17) is 10.8 Å². The molecule has 1 aromatic carbocycles. The molecule has 0 aromatic heterocycles. The fourth-order valence-electron chi connectivity index (χ4n) is 1.79. The molecule has 1 amide bonds. The van der Waals surface area contributed by atoms with Crippen molar-refractivity contribution in [2.45, 2.75) is 19.9 Å². The first-order chi connectivity index (χ1) is 9.23. The maximum absolute atomic E-state index is 13.3. The average molecular weight is 283 g/mol. The molecule has 6 nitrogen and oxygen atoms in total. The molecule has 0 atom stereocenters. The van der Waals surface area contributed by atoms with Crippen LogP contribution in [0.5, 0.6) is 0 Å². The first-order valence-electron chi connectivity index (χ1n) is 6.05. The maximum Gasteiger partial charge on any atom is 0.340 e. The minimum Gasteiger partial charge on any atom is -0.478 e. The smallest absolute Gasteiger partial charge is 0.340 e. The minimum atomic E-state index is -1.34. The zero-order valence-electron chi connectivity index (χ0n) is 11.6. The second-order valence-electron chi connectivity index (χ2n) is 4.74. The number of carbonyl (C=O) groups is 2. The van der Waals surface area contributed by atoms with Gasteiger partial charge in [0.05, 0.1) is 17.9 Å². The molecule has 0 spiro atoms. The number of nitrogen functional groups attached to an aromatic ring is 1. The molecule has 4 N–H and O–H groups in total. The van der Waals surface area contributed by atoms with Gasteiger partial charge in [-0.25, -0.2) is 9.18 Å². The van der Waals surface area contributed by atoms with E-state index in [-0.39, 0.29) is 29.7 Å². The van der Waals surface area contributed by atoms with Crippen LogP contribution in [-0.2, 0) is 4.79 Å². The highest BCUT2D eigenvalue weighted by molar-refractivity contribution is 6.00. The fraction of sp³-hybridized carbons (Fsp3) is 0.385. The molecule has 0 heterocycles. The SMILES string of the molecule is CC(C)NC(=O)CN(C)c1ccc(F)c(N)c1C(=O)O. The molecule has 20 heavy (non-hydrogen) atoms. The highest BCUT2D eigenvalue weighted by Gasteiger charge is 2.21. The predicted octanol–water partition coefficient (Wildman–Crippen LogP) is 1.07. The Balaban J connectivity index is 3.04. The van der Waals surface area contributed by atoms with Crippen LogP contribution in [0.3, 0.4) is 0 Å². The number of benzene rings is 1. The summed E-state index contributed by atoms with van der Waals surface area (Å²) in [4.78, 5) is 24.3. The number of anilines is 2. The summed E-state index contributed by atoms with van der Waals surface area (Å²) in [5, 5.41) is 11.8. The van der Waals surface area contributed by atoms with E-state index in [0.29, 0.717) is 0 Å². The van der Waals surface area contributed by atoms with Gasteiger partial charge < -0.3 is 21.1 Å². The Morgan fingerprint density at radius 3 is 2.55 bits per heavy atom. The van der Waals surface area contributed by atoms with Crippen LogP contribution in [0.4, 0.5) is 15.8 Å². The van der Waals surface area contributed by atoms with E-state index in [0.717, 1.165) is 6.07 Å². The summed E-state index contributed by atoms with van der Waals surface area (Å²) >= 11 is 0. The molecule has 0 radical (unpaired) electrons. The quantitative estimate of drug-likeness (QED) is 0.702. The molecule has 0 aliphatic heterocycles. The molecule has 0 saturated heterocycles. The Morgan fingerprint density at radius 2 is 2.05 bits per heavy atom. The molecular weight excluding hydrogens is 265 g/mol. The van der Waals surface area contributed by atoms with Crippen molar-refractivity contribution in [3.63, 3.8) is 0 Å². The predicted molar refractivity (Wildman–Crippen MR) is 74.3 cm³/mol. The Kier molecular flexibility index (Phi) is 4.90. The molecule has 110 valence electrons. The lowest BCUT2D eigenvalue weighted by Gasteiger charge is -2.22. The Bertz CT molecular complexity index is 532. The van der Waals surface area contributed by atoms with Crippen LogP contribution in [0, 0.1) is 5.82 Å². The number of carboxylic acid groups (broad SMARTS) is 1. The number of nitrogens with two attached hydrogens (primary N) is 1. The molecule has 0 aliphatic rings. The molecular formula is C13H18FN3O3. The lowest BCUT2D eigenvalue weighted by molar-refractivity contribution is -0.120. The number of halogens is 1. The third-order valence-corrected chi connectivity index (χ3v) is 2.63. The Morgan fingerprint density at radius 1 is 1.45 bits per heavy atom. The molecule has 0 saturated carbocycles. The number of nitrogens with zero attached hydrogens (tertiary/aromatic N) is 1. The zero-order valence-corrected chi connectivity index (χ0v) is 11.6. The largest absolute Gasteiger partial charge is 0.478 e. The van der Waals surface area contributed by atoms with Crippen molar-refractivity contribution in [3.05, 3.63) is 23.5 Å².